The van der Waals surface area contributed by atoms with Gasteiger partial charge in [-0.3, -0.25) is 9.59 Å². The van der Waals surface area contributed by atoms with Crippen LogP contribution in [0.2, 0.25) is 0 Å². The van der Waals surface area contributed by atoms with E-state index in [1.54, 1.807) is 55.5 Å². The Morgan fingerprint density at radius 1 is 1.02 bits per heavy atom. The summed E-state index contributed by atoms with van der Waals surface area (Å²) < 4.78 is 21.1. The van der Waals surface area contributed by atoms with Crippen molar-refractivity contribution in [3.63, 3.8) is 0 Å². The number of fused-ring (bicyclic) bond motifs is 1. The van der Waals surface area contributed by atoms with E-state index in [-0.39, 0.29) is 41.1 Å². The van der Waals surface area contributed by atoms with Crippen molar-refractivity contribution in [2.45, 2.75) is 13.8 Å². The number of carbonyl (C=O) groups excluding carboxylic acids is 3. The van der Waals surface area contributed by atoms with Gasteiger partial charge in [-0.05, 0) is 73.5 Å². The number of carbonyl (C=O) groups is 3. The van der Waals surface area contributed by atoms with Crippen LogP contribution in [0, 0.1) is 19.7 Å². The molecule has 1 saturated heterocycles. The van der Waals surface area contributed by atoms with Gasteiger partial charge in [0.1, 0.15) is 11.6 Å². The van der Waals surface area contributed by atoms with Crippen molar-refractivity contribution >= 4 is 40.1 Å². The Hall–Kier alpha value is -5.45. The Morgan fingerprint density at radius 3 is 2.52 bits per heavy atom. The first-order valence-corrected chi connectivity index (χ1v) is 12.4. The molecule has 2 aromatic heterocycles. The Balaban J connectivity index is 1.29. The molecule has 10 nitrogen and oxygen atoms in total. The quantitative estimate of drug-likeness (QED) is 0.211. The number of benzene rings is 3. The molecule has 0 radical (unpaired) electrons. The lowest BCUT2D eigenvalue weighted by Gasteiger charge is -2.15. The van der Waals surface area contributed by atoms with Gasteiger partial charge >= 0.3 is 6.03 Å². The molecule has 3 amide bonds. The molecule has 0 atom stereocenters. The molecular weight excluding hydrogens is 515 g/mol. The zero-order chi connectivity index (χ0) is 28.1. The summed E-state index contributed by atoms with van der Waals surface area (Å²) in [7, 11) is 0. The zero-order valence-corrected chi connectivity index (χ0v) is 21.5. The van der Waals surface area contributed by atoms with E-state index in [0.717, 1.165) is 15.8 Å². The average Bonchev–Trinajstić information content (AvgIpc) is 3.61. The monoisotopic (exact) mass is 538 g/mol. The van der Waals surface area contributed by atoms with E-state index >= 15 is 0 Å². The van der Waals surface area contributed by atoms with E-state index in [4.69, 9.17) is 10.5 Å². The highest BCUT2D eigenvalue weighted by atomic mass is 19.1. The molecule has 200 valence electrons. The molecule has 11 heteroatoms. The maximum atomic E-state index is 14.0. The van der Waals surface area contributed by atoms with E-state index in [0.29, 0.717) is 28.2 Å². The predicted molar refractivity (Wildman–Crippen MR) is 147 cm³/mol. The highest BCUT2D eigenvalue weighted by Crippen LogP contribution is 2.31. The van der Waals surface area contributed by atoms with Crippen LogP contribution >= 0.6 is 0 Å². The number of rotatable bonds is 6. The van der Waals surface area contributed by atoms with E-state index in [1.807, 2.05) is 6.92 Å². The van der Waals surface area contributed by atoms with Crippen LogP contribution in [0.25, 0.3) is 16.6 Å². The number of urea groups is 1. The van der Waals surface area contributed by atoms with Crippen LogP contribution in [0.15, 0.2) is 66.9 Å². The summed E-state index contributed by atoms with van der Waals surface area (Å²) in [6, 6.07) is 15.9. The van der Waals surface area contributed by atoms with Crippen molar-refractivity contribution in [3.05, 3.63) is 95.1 Å². The zero-order valence-electron chi connectivity index (χ0n) is 21.5. The number of nitrogens with two attached hydrogens (primary N) is 1. The number of ether oxygens (including phenoxy) is 1. The second-order valence-electron chi connectivity index (χ2n) is 9.46. The predicted octanol–water partition coefficient (Wildman–Crippen LogP) is 4.77. The maximum absolute atomic E-state index is 14.0. The number of imide groups is 1. The van der Waals surface area contributed by atoms with Crippen LogP contribution in [-0.4, -0.2) is 39.0 Å². The number of aromatic amines is 1. The summed E-state index contributed by atoms with van der Waals surface area (Å²) in [6.45, 7) is 3.56. The molecule has 0 aliphatic carbocycles. The number of amides is 3. The minimum Gasteiger partial charge on any atom is -0.454 e. The van der Waals surface area contributed by atoms with Crippen molar-refractivity contribution < 1.29 is 23.5 Å². The highest BCUT2D eigenvalue weighted by Gasteiger charge is 2.31. The second kappa shape index (κ2) is 9.38. The minimum absolute atomic E-state index is 0.0607. The van der Waals surface area contributed by atoms with Gasteiger partial charge in [0.25, 0.3) is 5.91 Å². The number of hydrogen-bond acceptors (Lipinski definition) is 6. The number of halogens is 1. The summed E-state index contributed by atoms with van der Waals surface area (Å²) in [4.78, 5) is 42.0. The number of H-pyrrole nitrogens is 1. The van der Waals surface area contributed by atoms with Crippen molar-refractivity contribution in [1.82, 2.24) is 20.1 Å². The molecule has 3 heterocycles. The molecule has 5 aromatic rings. The molecule has 40 heavy (non-hydrogen) atoms. The van der Waals surface area contributed by atoms with Crippen LogP contribution in [0.1, 0.15) is 27.2 Å². The number of ketones is 1. The average molecular weight is 539 g/mol. The van der Waals surface area contributed by atoms with Crippen LogP contribution in [0.4, 0.5) is 20.7 Å². The van der Waals surface area contributed by atoms with Crippen LogP contribution < -0.4 is 20.7 Å². The van der Waals surface area contributed by atoms with E-state index in [9.17, 15) is 18.8 Å². The Morgan fingerprint density at radius 2 is 1.80 bits per heavy atom. The van der Waals surface area contributed by atoms with Gasteiger partial charge in [0.05, 0.1) is 35.4 Å². The van der Waals surface area contributed by atoms with Crippen molar-refractivity contribution in [3.8, 4) is 17.2 Å². The first-order valence-electron chi connectivity index (χ1n) is 12.4. The summed E-state index contributed by atoms with van der Waals surface area (Å²) in [5.74, 6) is -0.497. The third kappa shape index (κ3) is 4.13. The smallest absolute Gasteiger partial charge is 0.329 e. The minimum atomic E-state index is -0.488. The van der Waals surface area contributed by atoms with Gasteiger partial charge in [-0.2, -0.15) is 5.10 Å². The van der Waals surface area contributed by atoms with Gasteiger partial charge in [-0.1, -0.05) is 12.1 Å². The van der Waals surface area contributed by atoms with Crippen molar-refractivity contribution in [2.75, 3.05) is 17.2 Å². The lowest BCUT2D eigenvalue weighted by Crippen LogP contribution is -2.31. The number of nitrogen functional groups attached to an aromatic ring is 1. The molecule has 4 N–H and O–H groups in total. The molecule has 1 aliphatic heterocycles. The molecule has 0 spiro atoms. The Labute approximate surface area is 227 Å². The fraction of sp³-hybridized carbons (Fsp3) is 0.103. The van der Waals surface area contributed by atoms with E-state index in [1.165, 1.54) is 23.0 Å². The second-order valence-corrected chi connectivity index (χ2v) is 9.46. The molecule has 0 unspecified atom stereocenters. The number of para-hydroxylation sites is 1. The first-order chi connectivity index (χ1) is 19.2. The van der Waals surface area contributed by atoms with Gasteiger partial charge in [0.2, 0.25) is 5.78 Å². The number of hydrogen-bond donors (Lipinski definition) is 3. The van der Waals surface area contributed by atoms with Gasteiger partial charge < -0.3 is 20.8 Å². The van der Waals surface area contributed by atoms with E-state index < -0.39 is 11.8 Å². The normalized spacial score (nSPS) is 13.2. The van der Waals surface area contributed by atoms with Crippen LogP contribution in [0.3, 0.4) is 0 Å². The largest absolute Gasteiger partial charge is 0.454 e. The molecule has 0 saturated carbocycles. The fourth-order valence-corrected chi connectivity index (χ4v) is 4.77. The van der Waals surface area contributed by atoms with Gasteiger partial charge in [-0.15, -0.1) is 0 Å². The lowest BCUT2D eigenvalue weighted by atomic mass is 10.1. The van der Waals surface area contributed by atoms with Crippen molar-refractivity contribution in [1.29, 1.82) is 0 Å². The first kappa shape index (κ1) is 24.9. The van der Waals surface area contributed by atoms with Gasteiger partial charge in [0.15, 0.2) is 11.6 Å². The third-order valence-electron chi connectivity index (χ3n) is 6.78. The van der Waals surface area contributed by atoms with Crippen molar-refractivity contribution in [2.24, 2.45) is 0 Å². The molecule has 1 aliphatic rings. The Bertz CT molecular complexity index is 1840. The number of aromatic nitrogens is 3. The van der Waals surface area contributed by atoms with E-state index in [2.05, 4.69) is 15.4 Å². The molecule has 3 aromatic carbocycles. The number of nitrogens with one attached hydrogen (secondary N) is 2. The van der Waals surface area contributed by atoms with Gasteiger partial charge in [0, 0.05) is 10.9 Å². The fourth-order valence-electron chi connectivity index (χ4n) is 4.77. The third-order valence-corrected chi connectivity index (χ3v) is 6.78. The number of aryl methyl sites for hydroxylation is 2. The molecule has 1 fully saturated rings. The Kier molecular flexibility index (Phi) is 5.83. The van der Waals surface area contributed by atoms with Gasteiger partial charge in [-0.25, -0.2) is 18.8 Å². The summed E-state index contributed by atoms with van der Waals surface area (Å²) in [6.07, 6.45) is 1.40. The SMILES string of the molecule is Cc1cc2cc(C(=O)c3cnn(-c4ccc(Oc5ccccc5F)cc4C)c3N)[nH]c2cc1N1C(=O)CNC1=O. The molecule has 6 rings (SSSR count). The van der Waals surface area contributed by atoms with Crippen LogP contribution in [0.5, 0.6) is 11.5 Å². The summed E-state index contributed by atoms with van der Waals surface area (Å²) in [5.41, 5.74) is 9.97. The van der Waals surface area contributed by atoms with Crippen LogP contribution in [-0.2, 0) is 4.79 Å². The summed E-state index contributed by atoms with van der Waals surface area (Å²) >= 11 is 0. The summed E-state index contributed by atoms with van der Waals surface area (Å²) in [5, 5.41) is 7.59. The number of anilines is 2. The molecular formula is C29H23FN6O4. The standard InChI is InChI=1S/C29H23FN6O4/c1-15-9-17-11-22(34-21(17)12-24(15)35-26(37)14-32-29(35)39)27(38)19-13-33-36(28(19)31)23-8-7-18(10-16(23)2)40-25-6-4-3-5-20(25)30/h3-13,34H,14,31H2,1-2H3,(H,32,39). The highest BCUT2D eigenvalue weighted by molar-refractivity contribution is 6.21. The number of nitrogens with zero attached hydrogens (tertiary/aromatic N) is 3. The topological polar surface area (TPSA) is 135 Å². The maximum Gasteiger partial charge on any atom is 0.329 e. The lowest BCUT2D eigenvalue weighted by molar-refractivity contribution is -0.115. The molecule has 0 bridgehead atoms.